The molecule has 4 nitrogen and oxygen atoms in total. The molecule has 1 aromatic rings. The maximum absolute atomic E-state index is 11.9. The summed E-state index contributed by atoms with van der Waals surface area (Å²) in [6, 6.07) is 3.90. The molecule has 2 N–H and O–H groups in total. The van der Waals surface area contributed by atoms with E-state index < -0.39 is 10.0 Å². The van der Waals surface area contributed by atoms with E-state index in [1.54, 1.807) is 7.05 Å². The van der Waals surface area contributed by atoms with E-state index in [2.05, 4.69) is 0 Å². The highest BCUT2D eigenvalue weighted by molar-refractivity contribution is 7.92. The number of anilines is 1. The van der Waals surface area contributed by atoms with Crippen molar-refractivity contribution in [1.82, 2.24) is 0 Å². The quantitative estimate of drug-likeness (QED) is 0.884. The van der Waals surface area contributed by atoms with Gasteiger partial charge in [-0.15, -0.1) is 0 Å². The third-order valence-corrected chi connectivity index (χ3v) is 4.73. The number of aryl methyl sites for hydroxylation is 3. The fourth-order valence-electron chi connectivity index (χ4n) is 1.72. The molecule has 0 aromatic heterocycles. The molecule has 0 spiro atoms. The third kappa shape index (κ3) is 2.98. The first-order valence-electron chi connectivity index (χ1n) is 5.54. The summed E-state index contributed by atoms with van der Waals surface area (Å²) < 4.78 is 25.2. The van der Waals surface area contributed by atoms with Gasteiger partial charge in [0.2, 0.25) is 10.0 Å². The second-order valence-corrected chi connectivity index (χ2v) is 6.41. The normalized spacial score (nSPS) is 11.6. The Balaban J connectivity index is 3.21. The number of sulfonamides is 1. The van der Waals surface area contributed by atoms with E-state index in [1.807, 2.05) is 32.9 Å². The van der Waals surface area contributed by atoms with E-state index >= 15 is 0 Å². The van der Waals surface area contributed by atoms with Crippen molar-refractivity contribution >= 4 is 15.7 Å². The monoisotopic (exact) mass is 256 g/mol. The van der Waals surface area contributed by atoms with Crippen molar-refractivity contribution in [2.45, 2.75) is 20.8 Å². The van der Waals surface area contributed by atoms with Gasteiger partial charge in [0, 0.05) is 13.6 Å². The second kappa shape index (κ2) is 5.06. The van der Waals surface area contributed by atoms with Gasteiger partial charge in [-0.25, -0.2) is 8.42 Å². The molecule has 0 fully saturated rings. The van der Waals surface area contributed by atoms with E-state index in [-0.39, 0.29) is 12.3 Å². The second-order valence-electron chi connectivity index (χ2n) is 4.30. The van der Waals surface area contributed by atoms with E-state index in [4.69, 9.17) is 5.73 Å². The molecule has 0 aliphatic rings. The number of hydrogen-bond donors (Lipinski definition) is 1. The fourth-order valence-corrected chi connectivity index (χ4v) is 2.79. The molecule has 0 radical (unpaired) electrons. The number of nitrogens with zero attached hydrogens (tertiary/aromatic N) is 1. The summed E-state index contributed by atoms with van der Waals surface area (Å²) in [6.07, 6.45) is 0. The van der Waals surface area contributed by atoms with Crippen molar-refractivity contribution in [3.05, 3.63) is 28.8 Å². The van der Waals surface area contributed by atoms with Gasteiger partial charge < -0.3 is 5.73 Å². The Kier molecular flexibility index (Phi) is 4.16. The van der Waals surface area contributed by atoms with Crippen molar-refractivity contribution in [2.24, 2.45) is 5.73 Å². The van der Waals surface area contributed by atoms with Crippen molar-refractivity contribution in [3.8, 4) is 0 Å². The number of nitrogens with two attached hydrogens (primary N) is 1. The predicted molar refractivity (Wildman–Crippen MR) is 71.9 cm³/mol. The van der Waals surface area contributed by atoms with Crippen LogP contribution in [0.25, 0.3) is 0 Å². The van der Waals surface area contributed by atoms with Gasteiger partial charge in [0.25, 0.3) is 0 Å². The molecular weight excluding hydrogens is 236 g/mol. The van der Waals surface area contributed by atoms with Gasteiger partial charge in [-0.2, -0.15) is 0 Å². The summed E-state index contributed by atoms with van der Waals surface area (Å²) in [4.78, 5) is 0. The van der Waals surface area contributed by atoms with E-state index in [9.17, 15) is 8.42 Å². The first-order chi connectivity index (χ1) is 7.79. The molecule has 96 valence electrons. The largest absolute Gasteiger partial charge is 0.329 e. The molecule has 0 heterocycles. The first-order valence-corrected chi connectivity index (χ1v) is 7.15. The molecule has 5 heteroatoms. The van der Waals surface area contributed by atoms with Crippen molar-refractivity contribution in [2.75, 3.05) is 23.7 Å². The average molecular weight is 256 g/mol. The lowest BCUT2D eigenvalue weighted by atomic mass is 10.1. The van der Waals surface area contributed by atoms with Gasteiger partial charge in [-0.1, -0.05) is 6.07 Å². The topological polar surface area (TPSA) is 63.4 Å². The van der Waals surface area contributed by atoms with Crippen LogP contribution >= 0.6 is 0 Å². The standard InChI is InChI=1S/C12H20N2O2S/c1-9-7-11(3)12(8-10(9)2)14(4)17(15,16)6-5-13/h7-8H,5-6,13H2,1-4H3. The summed E-state index contributed by atoms with van der Waals surface area (Å²) in [5.74, 6) is -0.0319. The van der Waals surface area contributed by atoms with Crippen LogP contribution in [0.3, 0.4) is 0 Å². The summed E-state index contributed by atoms with van der Waals surface area (Å²) in [6.45, 7) is 6.04. The van der Waals surface area contributed by atoms with Crippen LogP contribution in [0, 0.1) is 20.8 Å². The van der Waals surface area contributed by atoms with Gasteiger partial charge in [0.1, 0.15) is 0 Å². The number of rotatable bonds is 4. The molecule has 17 heavy (non-hydrogen) atoms. The molecule has 0 saturated carbocycles. The molecule has 0 atom stereocenters. The van der Waals surface area contributed by atoms with E-state index in [0.717, 1.165) is 22.4 Å². The lowest BCUT2D eigenvalue weighted by Gasteiger charge is -2.22. The van der Waals surface area contributed by atoms with Crippen LogP contribution in [-0.4, -0.2) is 27.8 Å². The van der Waals surface area contributed by atoms with E-state index in [0.29, 0.717) is 0 Å². The summed E-state index contributed by atoms with van der Waals surface area (Å²) >= 11 is 0. The number of hydrogen-bond acceptors (Lipinski definition) is 3. The highest BCUT2D eigenvalue weighted by atomic mass is 32.2. The van der Waals surface area contributed by atoms with E-state index in [1.165, 1.54) is 4.31 Å². The van der Waals surface area contributed by atoms with Gasteiger partial charge in [-0.3, -0.25) is 4.31 Å². The zero-order valence-corrected chi connectivity index (χ0v) is 11.6. The minimum Gasteiger partial charge on any atom is -0.329 e. The average Bonchev–Trinajstić information content (AvgIpc) is 2.22. The highest BCUT2D eigenvalue weighted by Crippen LogP contribution is 2.25. The lowest BCUT2D eigenvalue weighted by molar-refractivity contribution is 0.594. The Bertz CT molecular complexity index is 509. The molecule has 1 aromatic carbocycles. The molecule has 0 aliphatic carbocycles. The lowest BCUT2D eigenvalue weighted by Crippen LogP contribution is -2.32. The van der Waals surface area contributed by atoms with Crippen LogP contribution in [0.15, 0.2) is 12.1 Å². The molecular formula is C12H20N2O2S. The Hall–Kier alpha value is -1.07. The van der Waals surface area contributed by atoms with Crippen LogP contribution in [0.1, 0.15) is 16.7 Å². The maximum atomic E-state index is 11.9. The molecule has 0 bridgehead atoms. The minimum absolute atomic E-state index is 0.0319. The zero-order valence-electron chi connectivity index (χ0n) is 10.8. The van der Waals surface area contributed by atoms with Crippen LogP contribution in [0.5, 0.6) is 0 Å². The fraction of sp³-hybridized carbons (Fsp3) is 0.500. The van der Waals surface area contributed by atoms with Crippen molar-refractivity contribution in [1.29, 1.82) is 0 Å². The smallest absolute Gasteiger partial charge is 0.236 e. The predicted octanol–water partition coefficient (Wildman–Crippen LogP) is 1.34. The minimum atomic E-state index is -3.31. The van der Waals surface area contributed by atoms with Crippen molar-refractivity contribution in [3.63, 3.8) is 0 Å². The summed E-state index contributed by atoms with van der Waals surface area (Å²) in [5, 5.41) is 0. The summed E-state index contributed by atoms with van der Waals surface area (Å²) in [5.41, 5.74) is 9.24. The first kappa shape index (κ1) is 14.0. The SMILES string of the molecule is Cc1cc(C)c(N(C)S(=O)(=O)CCN)cc1C. The van der Waals surface area contributed by atoms with Gasteiger partial charge in [0.05, 0.1) is 11.4 Å². The Labute approximate surface area is 103 Å². The van der Waals surface area contributed by atoms with Crippen LogP contribution < -0.4 is 10.0 Å². The Morgan fingerprint density at radius 3 is 2.18 bits per heavy atom. The van der Waals surface area contributed by atoms with Crippen LogP contribution in [-0.2, 0) is 10.0 Å². The Morgan fingerprint density at radius 2 is 1.65 bits per heavy atom. The third-order valence-electron chi connectivity index (χ3n) is 2.94. The maximum Gasteiger partial charge on any atom is 0.236 e. The van der Waals surface area contributed by atoms with Gasteiger partial charge in [0.15, 0.2) is 0 Å². The van der Waals surface area contributed by atoms with Gasteiger partial charge in [-0.05, 0) is 43.5 Å². The van der Waals surface area contributed by atoms with Crippen LogP contribution in [0.4, 0.5) is 5.69 Å². The zero-order chi connectivity index (χ0) is 13.2. The molecule has 0 amide bonds. The van der Waals surface area contributed by atoms with Crippen LogP contribution in [0.2, 0.25) is 0 Å². The molecule has 0 aliphatic heterocycles. The summed E-state index contributed by atoms with van der Waals surface area (Å²) in [7, 11) is -1.74. The van der Waals surface area contributed by atoms with Gasteiger partial charge >= 0.3 is 0 Å². The Morgan fingerprint density at radius 1 is 1.12 bits per heavy atom. The van der Waals surface area contributed by atoms with Crippen molar-refractivity contribution < 1.29 is 8.42 Å². The highest BCUT2D eigenvalue weighted by Gasteiger charge is 2.19. The molecule has 1 rings (SSSR count). The molecule has 0 saturated heterocycles. The number of benzene rings is 1. The molecule has 0 unspecified atom stereocenters.